The van der Waals surface area contributed by atoms with Crippen LogP contribution in [0.15, 0.2) is 97.0 Å². The van der Waals surface area contributed by atoms with Gasteiger partial charge >= 0.3 is 5.97 Å². The van der Waals surface area contributed by atoms with Crippen molar-refractivity contribution in [2.45, 2.75) is 20.0 Å². The number of thiophene rings is 1. The highest BCUT2D eigenvalue weighted by molar-refractivity contribution is 7.13. The molecule has 2 amide bonds. The van der Waals surface area contributed by atoms with Crippen molar-refractivity contribution in [2.75, 3.05) is 19.0 Å². The van der Waals surface area contributed by atoms with E-state index >= 15 is 0 Å². The molecule has 49 heavy (non-hydrogen) atoms. The van der Waals surface area contributed by atoms with E-state index in [9.17, 15) is 14.4 Å². The van der Waals surface area contributed by atoms with Crippen LogP contribution in [0, 0.1) is 0 Å². The van der Waals surface area contributed by atoms with Crippen molar-refractivity contribution in [1.29, 1.82) is 0 Å². The van der Waals surface area contributed by atoms with Gasteiger partial charge in [0.05, 0.1) is 7.11 Å². The largest absolute Gasteiger partial charge is 0.488 e. The highest BCUT2D eigenvalue weighted by Crippen LogP contribution is 2.45. The summed E-state index contributed by atoms with van der Waals surface area (Å²) in [5.41, 5.74) is 6.67. The Kier molecular flexibility index (Phi) is 8.54. The van der Waals surface area contributed by atoms with Gasteiger partial charge in [-0.25, -0.2) is 9.78 Å². The maximum atomic E-state index is 14.6. The van der Waals surface area contributed by atoms with Gasteiger partial charge in [-0.2, -0.15) is 0 Å². The Morgan fingerprint density at radius 1 is 0.980 bits per heavy atom. The molecule has 0 radical (unpaired) electrons. The molecule has 6 aromatic rings. The van der Waals surface area contributed by atoms with E-state index in [1.54, 1.807) is 29.5 Å². The molecule has 4 heterocycles. The van der Waals surface area contributed by atoms with Crippen LogP contribution in [-0.2, 0) is 11.3 Å². The third kappa shape index (κ3) is 5.87. The molecule has 3 N–H and O–H groups in total. The third-order valence-corrected chi connectivity index (χ3v) is 9.47. The molecule has 7 rings (SSSR count). The van der Waals surface area contributed by atoms with E-state index in [4.69, 9.17) is 9.47 Å². The number of aromatic nitrogens is 2. The number of methoxy groups -OCH3 is 1. The van der Waals surface area contributed by atoms with Gasteiger partial charge in [-0.1, -0.05) is 43.8 Å². The van der Waals surface area contributed by atoms with Crippen LogP contribution in [0.2, 0.25) is 0 Å². The van der Waals surface area contributed by atoms with Gasteiger partial charge in [0, 0.05) is 67.6 Å². The second-order valence-corrected chi connectivity index (χ2v) is 12.4. The number of fused-ring (bicyclic) bond motifs is 4. The number of rotatable bonds is 9. The molecule has 9 nitrogen and oxygen atoms in total. The summed E-state index contributed by atoms with van der Waals surface area (Å²) in [6.45, 7) is 7.19. The molecule has 1 aliphatic rings. The zero-order chi connectivity index (χ0) is 34.1. The maximum absolute atomic E-state index is 14.6. The number of ether oxygens (including phenoxy) is 2. The minimum atomic E-state index is -0.745. The lowest BCUT2D eigenvalue weighted by Crippen LogP contribution is -2.26. The van der Waals surface area contributed by atoms with Gasteiger partial charge in [-0.3, -0.25) is 9.59 Å². The number of carbonyl (C=O) groups excluding carboxylic acids is 3. The fourth-order valence-electron chi connectivity index (χ4n) is 6.05. The van der Waals surface area contributed by atoms with E-state index in [-0.39, 0.29) is 17.0 Å². The number of benzene rings is 3. The summed E-state index contributed by atoms with van der Waals surface area (Å²) >= 11 is 1.57. The zero-order valence-electron chi connectivity index (χ0n) is 26.9. The molecule has 0 saturated heterocycles. The molecule has 3 aromatic heterocycles. The Labute approximate surface area is 286 Å². The summed E-state index contributed by atoms with van der Waals surface area (Å²) in [6.07, 6.45) is 2.59. The number of esters is 1. The van der Waals surface area contributed by atoms with Crippen LogP contribution in [0.4, 0.5) is 5.69 Å². The summed E-state index contributed by atoms with van der Waals surface area (Å²) in [4.78, 5) is 49.3. The molecule has 0 spiro atoms. The van der Waals surface area contributed by atoms with Gasteiger partial charge in [0.25, 0.3) is 11.8 Å². The monoisotopic (exact) mass is 668 g/mol. The van der Waals surface area contributed by atoms with Crippen molar-refractivity contribution in [3.63, 3.8) is 0 Å². The topological polar surface area (TPSA) is 122 Å². The minimum Gasteiger partial charge on any atom is -0.488 e. The Morgan fingerprint density at radius 2 is 1.82 bits per heavy atom. The van der Waals surface area contributed by atoms with Crippen molar-refractivity contribution in [2.24, 2.45) is 0 Å². The van der Waals surface area contributed by atoms with Crippen molar-refractivity contribution >= 4 is 51.3 Å². The summed E-state index contributed by atoms with van der Waals surface area (Å²) in [6, 6.07) is 24.2. The zero-order valence-corrected chi connectivity index (χ0v) is 27.7. The standard InChI is InChI=1S/C39H32N4O5S/c1-4-16-41-38(45)32-11-10-25(35(42-32)39(46)47-3)27-20-33-29(36-24(21-48-33)15-18-49-36)19-28(27)37(44)43-31-13-12-30-26(14-17-40-30)34(31)22(2)23-8-6-5-7-9-23/h5-15,17-20,40H,2,4,16,21H2,1,3H3,(H,41,45)(H,43,44). The van der Waals surface area contributed by atoms with Crippen LogP contribution in [0.25, 0.3) is 38.0 Å². The lowest BCUT2D eigenvalue weighted by molar-refractivity contribution is 0.0594. The van der Waals surface area contributed by atoms with E-state index in [2.05, 4.69) is 27.2 Å². The molecule has 0 atom stereocenters. The minimum absolute atomic E-state index is 0.0601. The first-order valence-electron chi connectivity index (χ1n) is 15.8. The maximum Gasteiger partial charge on any atom is 0.357 e. The van der Waals surface area contributed by atoms with E-state index < -0.39 is 17.8 Å². The number of nitrogens with zero attached hydrogens (tertiary/aromatic N) is 1. The normalized spacial score (nSPS) is 11.6. The summed E-state index contributed by atoms with van der Waals surface area (Å²) in [5.74, 6) is -1.01. The van der Waals surface area contributed by atoms with E-state index in [0.717, 1.165) is 50.0 Å². The quantitative estimate of drug-likeness (QED) is 0.134. The fourth-order valence-corrected chi connectivity index (χ4v) is 6.98. The number of hydrogen-bond donors (Lipinski definition) is 3. The Bertz CT molecular complexity index is 2270. The predicted octanol–water partition coefficient (Wildman–Crippen LogP) is 8.09. The van der Waals surface area contributed by atoms with Gasteiger partial charge in [-0.15, -0.1) is 11.3 Å². The molecule has 3 aromatic carbocycles. The second kappa shape index (κ2) is 13.2. The Balaban J connectivity index is 1.38. The molecule has 10 heteroatoms. The number of hydrogen-bond acceptors (Lipinski definition) is 7. The SMILES string of the molecule is C=C(c1ccccc1)c1c(NC(=O)c2cc3c(cc2-c2ccc(C(=O)NCCC)nc2C(=O)OC)OCc2ccsc2-3)ccc2[nH]ccc12. The molecule has 244 valence electrons. The van der Waals surface area contributed by atoms with Crippen LogP contribution in [0.3, 0.4) is 0 Å². The van der Waals surface area contributed by atoms with Crippen LogP contribution < -0.4 is 15.4 Å². The number of carbonyl (C=O) groups is 3. The van der Waals surface area contributed by atoms with Crippen LogP contribution >= 0.6 is 11.3 Å². The summed E-state index contributed by atoms with van der Waals surface area (Å²) in [7, 11) is 1.25. The van der Waals surface area contributed by atoms with Crippen molar-refractivity contribution in [3.05, 3.63) is 131 Å². The molecular formula is C39H32N4O5S. The number of nitrogens with one attached hydrogen (secondary N) is 3. The predicted molar refractivity (Wildman–Crippen MR) is 192 cm³/mol. The number of H-pyrrole nitrogens is 1. The van der Waals surface area contributed by atoms with Gasteiger partial charge in [0.15, 0.2) is 5.69 Å². The van der Waals surface area contributed by atoms with Crippen molar-refractivity contribution in [3.8, 4) is 27.3 Å². The first kappa shape index (κ1) is 31.6. The molecule has 0 bridgehead atoms. The van der Waals surface area contributed by atoms with Crippen molar-refractivity contribution in [1.82, 2.24) is 15.3 Å². The summed E-state index contributed by atoms with van der Waals surface area (Å²) in [5, 5.41) is 8.84. The summed E-state index contributed by atoms with van der Waals surface area (Å²) < 4.78 is 11.3. The second-order valence-electron chi connectivity index (χ2n) is 11.5. The molecule has 0 fully saturated rings. The number of pyridine rings is 1. The fraction of sp³-hybridized carbons (Fsp3) is 0.128. The smallest absolute Gasteiger partial charge is 0.357 e. The molecular weight excluding hydrogens is 637 g/mol. The van der Waals surface area contributed by atoms with Gasteiger partial charge in [-0.05, 0) is 71.5 Å². The lowest BCUT2D eigenvalue weighted by Gasteiger charge is -2.22. The number of amides is 2. The Hall–Kier alpha value is -6.00. The molecule has 1 aliphatic heterocycles. The molecule has 0 unspecified atom stereocenters. The Morgan fingerprint density at radius 3 is 2.61 bits per heavy atom. The average Bonchev–Trinajstić information content (AvgIpc) is 3.83. The molecule has 0 aliphatic carbocycles. The molecule has 0 saturated carbocycles. The van der Waals surface area contributed by atoms with Crippen molar-refractivity contribution < 1.29 is 23.9 Å². The average molecular weight is 669 g/mol. The van der Waals surface area contributed by atoms with Gasteiger partial charge in [0.2, 0.25) is 0 Å². The highest BCUT2D eigenvalue weighted by Gasteiger charge is 2.28. The van der Waals surface area contributed by atoms with Crippen LogP contribution in [-0.4, -0.2) is 41.4 Å². The first-order chi connectivity index (χ1) is 23.9. The van der Waals surface area contributed by atoms with Crippen LogP contribution in [0.5, 0.6) is 5.75 Å². The van der Waals surface area contributed by atoms with E-state index in [0.29, 0.717) is 35.7 Å². The number of aromatic amines is 1. The van der Waals surface area contributed by atoms with Crippen LogP contribution in [0.1, 0.15) is 61.4 Å². The highest BCUT2D eigenvalue weighted by atomic mass is 32.1. The van der Waals surface area contributed by atoms with E-state index in [1.807, 2.05) is 73.1 Å². The lowest BCUT2D eigenvalue weighted by atomic mass is 9.92. The third-order valence-electron chi connectivity index (χ3n) is 8.48. The number of anilines is 1. The van der Waals surface area contributed by atoms with Gasteiger partial charge in [0.1, 0.15) is 18.1 Å². The first-order valence-corrected chi connectivity index (χ1v) is 16.7. The van der Waals surface area contributed by atoms with E-state index in [1.165, 1.54) is 13.2 Å². The van der Waals surface area contributed by atoms with Gasteiger partial charge < -0.3 is 25.1 Å².